The van der Waals surface area contributed by atoms with Crippen LogP contribution in [0.15, 0.2) is 21.6 Å². The number of hydrogen-bond acceptors (Lipinski definition) is 5. The average molecular weight is 251 g/mol. The van der Waals surface area contributed by atoms with Crippen LogP contribution in [0.2, 0.25) is 0 Å². The minimum atomic E-state index is -3.62. The summed E-state index contributed by atoms with van der Waals surface area (Å²) in [5.74, 6) is 1.11. The fourth-order valence-corrected chi connectivity index (χ4v) is 5.11. The van der Waals surface area contributed by atoms with Crippen molar-refractivity contribution in [3.63, 3.8) is 0 Å². The number of sulfonamides is 1. The molecule has 4 nitrogen and oxygen atoms in total. The third kappa shape index (κ3) is 1.81. The summed E-state index contributed by atoms with van der Waals surface area (Å²) in [6.07, 6.45) is 2.08. The molecule has 0 fully saturated rings. The Labute approximate surface area is 90.7 Å². The normalized spacial score (nSPS) is 27.5. The van der Waals surface area contributed by atoms with Crippen LogP contribution < -0.4 is 5.14 Å². The molecule has 0 aliphatic carbocycles. The fraction of sp³-hybridized carbons (Fsp3) is 0.429. The Morgan fingerprint density at radius 3 is 2.86 bits per heavy atom. The Morgan fingerprint density at radius 2 is 2.29 bits per heavy atom. The van der Waals surface area contributed by atoms with Gasteiger partial charge in [-0.2, -0.15) is 0 Å². The third-order valence-electron chi connectivity index (χ3n) is 1.97. The lowest BCUT2D eigenvalue weighted by Crippen LogP contribution is -2.12. The molecule has 2 aliphatic heterocycles. The zero-order valence-electron chi connectivity index (χ0n) is 7.13. The van der Waals surface area contributed by atoms with Crippen molar-refractivity contribution in [3.05, 3.63) is 21.6 Å². The maximum Gasteiger partial charge on any atom is 0.244 e. The molecule has 0 aromatic carbocycles. The molecule has 0 aromatic rings. The van der Waals surface area contributed by atoms with Crippen LogP contribution in [-0.4, -0.2) is 23.9 Å². The minimum absolute atomic E-state index is 0.00271. The number of primary sulfonamides is 1. The Hall–Kier alpha value is -0.110. The molecule has 2 aliphatic rings. The molecule has 0 saturated heterocycles. The van der Waals surface area contributed by atoms with E-state index in [-0.39, 0.29) is 8.82 Å². The summed E-state index contributed by atoms with van der Waals surface area (Å²) in [4.78, 5) is 0. The molecule has 1 atom stereocenters. The number of allylic oxidation sites excluding steroid dienone is 2. The molecule has 0 amide bonds. The van der Waals surface area contributed by atoms with E-state index < -0.39 is 10.0 Å². The van der Waals surface area contributed by atoms with E-state index in [2.05, 4.69) is 0 Å². The third-order valence-corrected chi connectivity index (χ3v) is 6.15. The molecule has 14 heavy (non-hydrogen) atoms. The van der Waals surface area contributed by atoms with Crippen molar-refractivity contribution in [1.82, 2.24) is 0 Å². The fourth-order valence-electron chi connectivity index (χ4n) is 1.30. The van der Waals surface area contributed by atoms with Crippen LogP contribution in [-0.2, 0) is 10.0 Å². The van der Waals surface area contributed by atoms with Crippen molar-refractivity contribution < 1.29 is 13.5 Å². The smallest absolute Gasteiger partial charge is 0.244 e. The first-order valence-corrected chi connectivity index (χ1v) is 7.41. The zero-order chi connectivity index (χ0) is 10.3. The first-order valence-electron chi connectivity index (χ1n) is 3.93. The van der Waals surface area contributed by atoms with Crippen molar-refractivity contribution >= 4 is 33.5 Å². The van der Waals surface area contributed by atoms with E-state index in [1.807, 2.05) is 0 Å². The quantitative estimate of drug-likeness (QED) is 0.730. The van der Waals surface area contributed by atoms with Gasteiger partial charge >= 0.3 is 0 Å². The SMILES string of the molecule is NS(=O)(=O)C1=CC2=C(O)CCSC2S1. The summed E-state index contributed by atoms with van der Waals surface area (Å²) in [6, 6.07) is 0. The van der Waals surface area contributed by atoms with E-state index in [0.29, 0.717) is 17.8 Å². The van der Waals surface area contributed by atoms with Gasteiger partial charge in [0.05, 0.1) is 10.3 Å². The van der Waals surface area contributed by atoms with Gasteiger partial charge in [0, 0.05) is 17.7 Å². The Morgan fingerprint density at radius 1 is 1.57 bits per heavy atom. The van der Waals surface area contributed by atoms with Gasteiger partial charge in [0.25, 0.3) is 0 Å². The molecule has 78 valence electrons. The summed E-state index contributed by atoms with van der Waals surface area (Å²) in [6.45, 7) is 0. The number of aliphatic hydroxyl groups excluding tert-OH is 1. The van der Waals surface area contributed by atoms with Crippen molar-refractivity contribution in [1.29, 1.82) is 0 Å². The monoisotopic (exact) mass is 251 g/mol. The van der Waals surface area contributed by atoms with Crippen LogP contribution >= 0.6 is 23.5 Å². The molecule has 0 bridgehead atoms. The largest absolute Gasteiger partial charge is 0.512 e. The number of hydrogen-bond donors (Lipinski definition) is 2. The molecule has 0 saturated carbocycles. The van der Waals surface area contributed by atoms with Gasteiger partial charge in [-0.05, 0) is 6.08 Å². The van der Waals surface area contributed by atoms with Crippen LogP contribution in [0, 0.1) is 0 Å². The van der Waals surface area contributed by atoms with Gasteiger partial charge in [-0.15, -0.1) is 11.8 Å². The van der Waals surface area contributed by atoms with Crippen LogP contribution in [0.3, 0.4) is 0 Å². The van der Waals surface area contributed by atoms with Crippen molar-refractivity contribution in [3.8, 4) is 0 Å². The summed E-state index contributed by atoms with van der Waals surface area (Å²) in [7, 11) is -3.62. The molecular formula is C7H9NO3S3. The van der Waals surface area contributed by atoms with Crippen LogP contribution in [0.25, 0.3) is 0 Å². The molecule has 2 heterocycles. The topological polar surface area (TPSA) is 80.4 Å². The highest BCUT2D eigenvalue weighted by Crippen LogP contribution is 2.47. The van der Waals surface area contributed by atoms with Crippen LogP contribution in [0.4, 0.5) is 0 Å². The van der Waals surface area contributed by atoms with Crippen molar-refractivity contribution in [2.75, 3.05) is 5.75 Å². The molecule has 0 aromatic heterocycles. The summed E-state index contributed by atoms with van der Waals surface area (Å²) in [5, 5.41) is 14.5. The summed E-state index contributed by atoms with van der Waals surface area (Å²) >= 11 is 2.83. The molecular weight excluding hydrogens is 242 g/mol. The number of aliphatic hydroxyl groups is 1. The Bertz CT molecular complexity index is 423. The van der Waals surface area contributed by atoms with E-state index in [9.17, 15) is 13.5 Å². The molecule has 7 heteroatoms. The van der Waals surface area contributed by atoms with Gasteiger partial charge < -0.3 is 5.11 Å². The van der Waals surface area contributed by atoms with Gasteiger partial charge in [0.15, 0.2) is 0 Å². The number of fused-ring (bicyclic) bond motifs is 1. The first-order chi connectivity index (χ1) is 6.48. The molecule has 0 spiro atoms. The van der Waals surface area contributed by atoms with E-state index >= 15 is 0 Å². The van der Waals surface area contributed by atoms with Gasteiger partial charge in [-0.3, -0.25) is 0 Å². The highest BCUT2D eigenvalue weighted by Gasteiger charge is 2.33. The maximum absolute atomic E-state index is 11.1. The first kappa shape index (κ1) is 10.4. The number of thioether (sulfide) groups is 2. The van der Waals surface area contributed by atoms with Crippen LogP contribution in [0.1, 0.15) is 6.42 Å². The minimum Gasteiger partial charge on any atom is -0.512 e. The maximum atomic E-state index is 11.1. The van der Waals surface area contributed by atoms with Crippen molar-refractivity contribution in [2.45, 2.75) is 11.0 Å². The second kappa shape index (κ2) is 3.48. The number of nitrogens with two attached hydrogens (primary N) is 1. The zero-order valence-corrected chi connectivity index (χ0v) is 9.58. The lowest BCUT2D eigenvalue weighted by atomic mass is 10.2. The Balaban J connectivity index is 2.39. The predicted octanol–water partition coefficient (Wildman–Crippen LogP) is 1.14. The van der Waals surface area contributed by atoms with Crippen molar-refractivity contribution in [2.24, 2.45) is 5.14 Å². The predicted molar refractivity (Wildman–Crippen MR) is 59.3 cm³/mol. The summed E-state index contributed by atoms with van der Waals surface area (Å²) in [5.41, 5.74) is 0.704. The average Bonchev–Trinajstić information content (AvgIpc) is 2.48. The van der Waals surface area contributed by atoms with E-state index in [0.717, 1.165) is 5.75 Å². The lowest BCUT2D eigenvalue weighted by molar-refractivity contribution is 0.389. The highest BCUT2D eigenvalue weighted by molar-refractivity contribution is 8.26. The Kier molecular flexibility index (Phi) is 2.59. The second-order valence-corrected chi connectivity index (χ2v) is 7.43. The second-order valence-electron chi connectivity index (χ2n) is 2.98. The number of rotatable bonds is 1. The molecule has 1 unspecified atom stereocenters. The van der Waals surface area contributed by atoms with E-state index in [1.165, 1.54) is 17.8 Å². The van der Waals surface area contributed by atoms with Gasteiger partial charge in [0.1, 0.15) is 4.24 Å². The lowest BCUT2D eigenvalue weighted by Gasteiger charge is -2.17. The molecule has 2 rings (SSSR count). The molecule has 3 N–H and O–H groups in total. The van der Waals surface area contributed by atoms with E-state index in [1.54, 1.807) is 11.8 Å². The van der Waals surface area contributed by atoms with Gasteiger partial charge in [-0.1, -0.05) is 11.8 Å². The summed E-state index contributed by atoms with van der Waals surface area (Å²) < 4.78 is 22.3. The van der Waals surface area contributed by atoms with Crippen LogP contribution in [0.5, 0.6) is 0 Å². The van der Waals surface area contributed by atoms with E-state index in [4.69, 9.17) is 5.14 Å². The van der Waals surface area contributed by atoms with Gasteiger partial charge in [-0.25, -0.2) is 13.6 Å². The molecule has 0 radical (unpaired) electrons. The van der Waals surface area contributed by atoms with Gasteiger partial charge in [0.2, 0.25) is 10.0 Å². The standard InChI is InChI=1S/C7H9NO3S3/c8-14(10,11)6-3-4-5(9)1-2-12-7(4)13-6/h3,7,9H,1-2H2,(H2,8,10,11). The highest BCUT2D eigenvalue weighted by atomic mass is 32.3.